The van der Waals surface area contributed by atoms with Crippen LogP contribution < -0.4 is 4.74 Å². The minimum atomic E-state index is -1.12. The van der Waals surface area contributed by atoms with Gasteiger partial charge in [0.15, 0.2) is 6.29 Å². The molecule has 94 valence electrons. The number of methoxy groups -OCH3 is 1. The third-order valence-corrected chi connectivity index (χ3v) is 3.05. The van der Waals surface area contributed by atoms with Crippen molar-refractivity contribution in [3.8, 4) is 5.75 Å². The lowest BCUT2D eigenvalue weighted by molar-refractivity contribution is 0.0684. The number of aryl methyl sites for hydroxylation is 2. The fraction of sp³-hybridized carbons (Fsp3) is 0.231. The van der Waals surface area contributed by atoms with Gasteiger partial charge in [-0.15, -0.1) is 0 Å². The highest BCUT2D eigenvalue weighted by molar-refractivity contribution is 6.09. The van der Waals surface area contributed by atoms with E-state index in [1.54, 1.807) is 13.1 Å². The first-order chi connectivity index (χ1) is 8.51. The molecule has 0 atom stereocenters. The van der Waals surface area contributed by atoms with E-state index in [0.29, 0.717) is 17.4 Å². The maximum absolute atomic E-state index is 11.2. The second-order valence-electron chi connectivity index (χ2n) is 4.08. The number of hydrogen-bond acceptors (Lipinski definition) is 3. The summed E-state index contributed by atoms with van der Waals surface area (Å²) < 4.78 is 6.66. The number of aldehydes is 1. The molecule has 5 nitrogen and oxygen atoms in total. The number of ether oxygens (including phenoxy) is 1. The van der Waals surface area contributed by atoms with Gasteiger partial charge in [-0.1, -0.05) is 0 Å². The molecule has 0 saturated carbocycles. The molecule has 0 aliphatic rings. The zero-order valence-electron chi connectivity index (χ0n) is 10.4. The second-order valence-corrected chi connectivity index (χ2v) is 4.08. The van der Waals surface area contributed by atoms with Crippen molar-refractivity contribution in [1.82, 2.24) is 4.57 Å². The summed E-state index contributed by atoms with van der Waals surface area (Å²) in [6, 6.07) is 3.49. The van der Waals surface area contributed by atoms with Crippen molar-refractivity contribution in [1.29, 1.82) is 0 Å². The number of carboxylic acids is 1. The number of hydrogen-bond donors (Lipinski definition) is 1. The van der Waals surface area contributed by atoms with Crippen LogP contribution >= 0.6 is 0 Å². The van der Waals surface area contributed by atoms with Crippen LogP contribution in [0.15, 0.2) is 12.1 Å². The summed E-state index contributed by atoms with van der Waals surface area (Å²) in [5.74, 6) is -0.514. The second kappa shape index (κ2) is 4.18. The molecule has 1 aromatic carbocycles. The van der Waals surface area contributed by atoms with Crippen molar-refractivity contribution in [3.05, 3.63) is 29.0 Å². The summed E-state index contributed by atoms with van der Waals surface area (Å²) in [4.78, 5) is 22.4. The number of carboxylic acid groups (broad SMARTS) is 1. The van der Waals surface area contributed by atoms with Gasteiger partial charge in [0.1, 0.15) is 11.4 Å². The van der Waals surface area contributed by atoms with Gasteiger partial charge in [0.05, 0.1) is 18.2 Å². The van der Waals surface area contributed by atoms with Gasteiger partial charge in [0, 0.05) is 12.4 Å². The van der Waals surface area contributed by atoms with Gasteiger partial charge in [-0.25, -0.2) is 4.79 Å². The lowest BCUT2D eigenvalue weighted by atomic mass is 10.1. The van der Waals surface area contributed by atoms with Crippen molar-refractivity contribution in [2.45, 2.75) is 6.92 Å². The Morgan fingerprint density at radius 2 is 2.11 bits per heavy atom. The van der Waals surface area contributed by atoms with E-state index in [0.717, 1.165) is 11.1 Å². The predicted molar refractivity (Wildman–Crippen MR) is 66.6 cm³/mol. The van der Waals surface area contributed by atoms with E-state index >= 15 is 0 Å². The molecule has 1 heterocycles. The molecule has 0 aliphatic carbocycles. The molecule has 0 radical (unpaired) electrons. The fourth-order valence-corrected chi connectivity index (χ4v) is 2.31. The highest BCUT2D eigenvalue weighted by Gasteiger charge is 2.21. The third-order valence-electron chi connectivity index (χ3n) is 3.05. The Morgan fingerprint density at radius 1 is 1.44 bits per heavy atom. The number of nitrogens with zero attached hydrogens (tertiary/aromatic N) is 1. The van der Waals surface area contributed by atoms with Crippen LogP contribution in [-0.2, 0) is 7.05 Å². The Balaban J connectivity index is 2.98. The maximum Gasteiger partial charge on any atom is 0.353 e. The van der Waals surface area contributed by atoms with Gasteiger partial charge >= 0.3 is 5.97 Å². The average Bonchev–Trinajstić information content (AvgIpc) is 2.61. The standard InChI is InChI=1S/C13H13NO4/c1-7-4-8(18-3)5-9-10(6-15)12(13(16)17)14(2)11(7)9/h4-6H,1-3H3,(H,16,17). The van der Waals surface area contributed by atoms with Crippen LogP contribution in [0.1, 0.15) is 26.4 Å². The highest BCUT2D eigenvalue weighted by Crippen LogP contribution is 2.30. The molecular weight excluding hydrogens is 234 g/mol. The Hall–Kier alpha value is -2.30. The molecule has 0 bridgehead atoms. The summed E-state index contributed by atoms with van der Waals surface area (Å²) >= 11 is 0. The van der Waals surface area contributed by atoms with E-state index in [1.807, 2.05) is 13.0 Å². The number of benzene rings is 1. The zero-order valence-corrected chi connectivity index (χ0v) is 10.4. The number of aromatic nitrogens is 1. The largest absolute Gasteiger partial charge is 0.497 e. The maximum atomic E-state index is 11.2. The molecule has 2 aromatic rings. The zero-order chi connectivity index (χ0) is 13.4. The molecular formula is C13H13NO4. The SMILES string of the molecule is COc1cc(C)c2c(c1)c(C=O)c(C(=O)O)n2C. The molecule has 0 aliphatic heterocycles. The average molecular weight is 247 g/mol. The number of carbonyl (C=O) groups is 2. The summed E-state index contributed by atoms with van der Waals surface area (Å²) in [6.07, 6.45) is 0.574. The van der Waals surface area contributed by atoms with Crippen LogP contribution in [0.4, 0.5) is 0 Å². The highest BCUT2D eigenvalue weighted by atomic mass is 16.5. The monoisotopic (exact) mass is 247 g/mol. The first-order valence-corrected chi connectivity index (χ1v) is 5.36. The van der Waals surface area contributed by atoms with E-state index < -0.39 is 5.97 Å². The predicted octanol–water partition coefficient (Wildman–Crippen LogP) is 2.01. The van der Waals surface area contributed by atoms with Crippen LogP contribution in [0.25, 0.3) is 10.9 Å². The van der Waals surface area contributed by atoms with Gasteiger partial charge in [0.25, 0.3) is 0 Å². The third kappa shape index (κ3) is 1.55. The van der Waals surface area contributed by atoms with Crippen LogP contribution in [0, 0.1) is 6.92 Å². The Kier molecular flexibility index (Phi) is 2.82. The van der Waals surface area contributed by atoms with Crippen LogP contribution in [0.2, 0.25) is 0 Å². The lowest BCUT2D eigenvalue weighted by Crippen LogP contribution is -2.07. The molecule has 18 heavy (non-hydrogen) atoms. The van der Waals surface area contributed by atoms with Gasteiger partial charge in [-0.2, -0.15) is 0 Å². The molecule has 2 rings (SSSR count). The van der Waals surface area contributed by atoms with Crippen molar-refractivity contribution in [3.63, 3.8) is 0 Å². The van der Waals surface area contributed by atoms with E-state index in [9.17, 15) is 14.7 Å². The molecule has 1 N–H and O–H groups in total. The minimum Gasteiger partial charge on any atom is -0.497 e. The fourth-order valence-electron chi connectivity index (χ4n) is 2.31. The first-order valence-electron chi connectivity index (χ1n) is 5.36. The quantitative estimate of drug-likeness (QED) is 0.842. The normalized spacial score (nSPS) is 10.6. The van der Waals surface area contributed by atoms with Crippen LogP contribution in [0.3, 0.4) is 0 Å². The van der Waals surface area contributed by atoms with Crippen LogP contribution in [0.5, 0.6) is 5.75 Å². The Labute approximate surface area is 104 Å². The van der Waals surface area contributed by atoms with Gasteiger partial charge in [0.2, 0.25) is 0 Å². The van der Waals surface area contributed by atoms with Crippen molar-refractivity contribution in [2.75, 3.05) is 7.11 Å². The van der Waals surface area contributed by atoms with Crippen LogP contribution in [-0.4, -0.2) is 29.0 Å². The summed E-state index contributed by atoms with van der Waals surface area (Å²) in [5.41, 5.74) is 1.77. The number of rotatable bonds is 3. The molecule has 0 spiro atoms. The van der Waals surface area contributed by atoms with Gasteiger partial charge in [-0.05, 0) is 24.6 Å². The topological polar surface area (TPSA) is 68.5 Å². The van der Waals surface area contributed by atoms with E-state index in [4.69, 9.17) is 4.74 Å². The smallest absolute Gasteiger partial charge is 0.353 e. The van der Waals surface area contributed by atoms with Crippen molar-refractivity contribution in [2.24, 2.45) is 7.05 Å². The molecule has 0 fully saturated rings. The van der Waals surface area contributed by atoms with E-state index in [2.05, 4.69) is 0 Å². The lowest BCUT2D eigenvalue weighted by Gasteiger charge is -2.05. The van der Waals surface area contributed by atoms with Crippen molar-refractivity contribution >= 4 is 23.2 Å². The minimum absolute atomic E-state index is 0.00338. The van der Waals surface area contributed by atoms with Gasteiger partial charge in [-0.3, -0.25) is 4.79 Å². The first kappa shape index (κ1) is 12.2. The van der Waals surface area contributed by atoms with E-state index in [-0.39, 0.29) is 11.3 Å². The Bertz CT molecular complexity index is 655. The summed E-state index contributed by atoms with van der Waals surface area (Å²) in [5, 5.41) is 9.78. The van der Waals surface area contributed by atoms with Gasteiger partial charge < -0.3 is 14.4 Å². The molecule has 0 unspecified atom stereocenters. The summed E-state index contributed by atoms with van der Waals surface area (Å²) in [7, 11) is 3.17. The molecule has 0 amide bonds. The number of fused-ring (bicyclic) bond motifs is 1. The molecule has 5 heteroatoms. The molecule has 1 aromatic heterocycles. The molecule has 0 saturated heterocycles. The van der Waals surface area contributed by atoms with Crippen molar-refractivity contribution < 1.29 is 19.4 Å². The number of carbonyl (C=O) groups excluding carboxylic acids is 1. The Morgan fingerprint density at radius 3 is 2.61 bits per heavy atom. The van der Waals surface area contributed by atoms with E-state index in [1.165, 1.54) is 11.7 Å². The number of aromatic carboxylic acids is 1. The summed E-state index contributed by atoms with van der Waals surface area (Å²) in [6.45, 7) is 1.85.